The van der Waals surface area contributed by atoms with E-state index in [0.717, 1.165) is 57.7 Å². The van der Waals surface area contributed by atoms with Crippen LogP contribution in [0.25, 0.3) is 11.4 Å². The van der Waals surface area contributed by atoms with Crippen molar-refractivity contribution in [3.05, 3.63) is 227 Å². The lowest BCUT2D eigenvalue weighted by Gasteiger charge is -2.30. The van der Waals surface area contributed by atoms with Crippen LogP contribution in [0, 0.1) is 0 Å². The number of carbonyl (C=O) groups is 2. The number of anilines is 6. The van der Waals surface area contributed by atoms with Gasteiger partial charge in [-0.05, 0) is 150 Å². The maximum absolute atomic E-state index is 15.8. The van der Waals surface area contributed by atoms with Crippen LogP contribution in [0.1, 0.15) is 179 Å². The van der Waals surface area contributed by atoms with Crippen molar-refractivity contribution in [3.8, 4) is 22.9 Å². The smallest absolute Gasteiger partial charge is 0.277 e. The Labute approximate surface area is 619 Å². The summed E-state index contributed by atoms with van der Waals surface area (Å²) < 4.78 is 15.0. The lowest BCUT2D eigenvalue weighted by molar-refractivity contribution is -0.117. The Morgan fingerprint density at radius 1 is 0.455 bits per heavy atom. The van der Waals surface area contributed by atoms with Gasteiger partial charge in [-0.2, -0.15) is 0 Å². The van der Waals surface area contributed by atoms with Gasteiger partial charge in [0.1, 0.15) is 34.5 Å². The van der Waals surface area contributed by atoms with E-state index in [1.165, 1.54) is 35.4 Å². The fraction of sp³-hybridized carbons (Fsp3) is 0.351. The number of halogens is 8. The van der Waals surface area contributed by atoms with E-state index in [2.05, 4.69) is 139 Å². The van der Waals surface area contributed by atoms with Crippen molar-refractivity contribution < 1.29 is 19.1 Å². The molecule has 6 N–H and O–H groups in total. The van der Waals surface area contributed by atoms with Crippen molar-refractivity contribution >= 4 is 139 Å². The molecule has 2 amide bonds. The molecular formula is C77H84Cl8N8O6. The van der Waals surface area contributed by atoms with Gasteiger partial charge in [0.05, 0.1) is 71.8 Å². The van der Waals surface area contributed by atoms with Crippen molar-refractivity contribution in [2.45, 2.75) is 162 Å². The zero-order valence-corrected chi connectivity index (χ0v) is 63.7. The van der Waals surface area contributed by atoms with E-state index in [4.69, 9.17) is 102 Å². The van der Waals surface area contributed by atoms with Gasteiger partial charge in [-0.1, -0.05) is 230 Å². The molecule has 9 aromatic rings. The van der Waals surface area contributed by atoms with Gasteiger partial charge in [0.15, 0.2) is 0 Å². The Morgan fingerprint density at radius 2 is 0.818 bits per heavy atom. The quantitative estimate of drug-likeness (QED) is 0.0251. The number of hydrogen-bond donors (Lipinski definition) is 6. The zero-order chi connectivity index (χ0) is 72.1. The van der Waals surface area contributed by atoms with Crippen molar-refractivity contribution in [3.63, 3.8) is 0 Å². The molecule has 0 aliphatic carbocycles. The van der Waals surface area contributed by atoms with Gasteiger partial charge in [0.2, 0.25) is 11.8 Å². The fourth-order valence-electron chi connectivity index (χ4n) is 11.5. The third kappa shape index (κ3) is 17.5. The van der Waals surface area contributed by atoms with Crippen molar-refractivity contribution in [2.75, 3.05) is 34.5 Å². The number of nitrogens with one attached hydrogen (secondary N) is 6. The summed E-state index contributed by atoms with van der Waals surface area (Å²) in [6.45, 7) is 27.2. The number of ether oxygens (including phenoxy) is 2. The van der Waals surface area contributed by atoms with Crippen LogP contribution >= 0.6 is 92.8 Å². The molecule has 99 heavy (non-hydrogen) atoms. The number of nitrogens with zero attached hydrogens (tertiary/aromatic N) is 2. The average Bonchev–Trinajstić information content (AvgIpc) is 1.59. The molecule has 524 valence electrons. The molecule has 0 aliphatic rings. The Balaban J connectivity index is 1.03. The molecule has 0 saturated heterocycles. The van der Waals surface area contributed by atoms with Gasteiger partial charge in [-0.3, -0.25) is 29.4 Å². The monoisotopic (exact) mass is 1500 g/mol. The number of H-pyrrole nitrogens is 2. The highest BCUT2D eigenvalue weighted by molar-refractivity contribution is 6.41. The molecule has 0 fully saturated rings. The molecule has 0 spiro atoms. The first-order valence-electron chi connectivity index (χ1n) is 33.1. The Bertz CT molecular complexity index is 4260. The minimum absolute atomic E-state index is 0.00513. The second-order valence-electron chi connectivity index (χ2n) is 27.4. The summed E-state index contributed by atoms with van der Waals surface area (Å²) in [5.74, 6) is -0.101. The second kappa shape index (κ2) is 31.9. The minimum Gasteiger partial charge on any atom is -0.493 e. The summed E-state index contributed by atoms with van der Waals surface area (Å²) >= 11 is 54.7. The molecule has 9 rings (SSSR count). The number of amides is 2. The van der Waals surface area contributed by atoms with E-state index >= 15 is 9.59 Å². The van der Waals surface area contributed by atoms with E-state index in [1.54, 1.807) is 66.7 Å². The maximum Gasteiger partial charge on any atom is 0.277 e. The van der Waals surface area contributed by atoms with E-state index in [1.807, 2.05) is 12.1 Å². The number of benzene rings is 7. The fourth-order valence-corrected chi connectivity index (χ4v) is 13.9. The highest BCUT2D eigenvalue weighted by Gasteiger charge is 2.36. The SMILES string of the molecule is CCC(C)(C)c1ccc(OCCCC(=O)Nc2ccc(Nc3[nH]n(-c4c(Cl)cc(Cl)cc4Cl)c(=O)c3C(c3ccccc3)c3c(Nc4ccc(NC(=O)CCCOc5ccc(C(C)(C)CC)cc5C(C)(C)CC)cc4Cl)[nH]n(-c4c(Cl)cc(Cl)cc4Cl)c3=O)c(Cl)c2)c(C(C)(C)CC)c1. The number of rotatable bonds is 29. The third-order valence-corrected chi connectivity index (χ3v) is 21.3. The zero-order valence-electron chi connectivity index (χ0n) is 57.6. The molecule has 0 bridgehead atoms. The number of aromatic nitrogens is 4. The van der Waals surface area contributed by atoms with Crippen molar-refractivity contribution in [2.24, 2.45) is 0 Å². The van der Waals surface area contributed by atoms with Crippen LogP contribution in [-0.4, -0.2) is 44.6 Å². The molecule has 0 aliphatic heterocycles. The molecule has 0 unspecified atom stereocenters. The summed E-state index contributed by atoms with van der Waals surface area (Å²) in [4.78, 5) is 58.7. The lowest BCUT2D eigenvalue weighted by Crippen LogP contribution is -2.26. The topological polar surface area (TPSA) is 176 Å². The Hall–Kier alpha value is -6.98. The summed E-state index contributed by atoms with van der Waals surface area (Å²) in [5.41, 5.74) is 5.00. The summed E-state index contributed by atoms with van der Waals surface area (Å²) in [7, 11) is 0. The first kappa shape index (κ1) is 76.2. The van der Waals surface area contributed by atoms with Crippen molar-refractivity contribution in [1.29, 1.82) is 0 Å². The van der Waals surface area contributed by atoms with Crippen LogP contribution < -0.4 is 41.9 Å². The summed E-state index contributed by atoms with van der Waals surface area (Å²) in [6.07, 6.45) is 5.03. The van der Waals surface area contributed by atoms with Crippen LogP contribution in [-0.2, 0) is 31.2 Å². The normalized spacial score (nSPS) is 12.1. The second-order valence-corrected chi connectivity index (χ2v) is 30.7. The van der Waals surface area contributed by atoms with Crippen molar-refractivity contribution in [1.82, 2.24) is 19.6 Å². The molecule has 22 heteroatoms. The first-order chi connectivity index (χ1) is 46.8. The lowest BCUT2D eigenvalue weighted by atomic mass is 9.76. The van der Waals surface area contributed by atoms with Gasteiger partial charge < -0.3 is 30.7 Å². The molecule has 14 nitrogen and oxygen atoms in total. The standard InChI is InChI=1S/C77H84Cl8N8O6/c1-13-74(5,6)45-26-32-61(51(36-45)76(9,10)15-3)98-34-20-24-63(94)86-49-28-30-59(53(80)42-49)88-70-66(72(96)92(90-70)68-55(82)38-47(78)39-56(68)83)65(44-22-18-17-19-23-44)67-71(91-93(73(67)97)69-57(84)40-48(79)41-58(69)85)89-60-31-29-50(43-54(60)81)87-64(95)25-21-35-99-62-33-27-46(75(7,8)14-2)37-52(62)77(11,12)16-4/h17-19,22-23,26-33,36-43,65,88-91H,13-16,20-21,24-25,34-35H2,1-12H3,(H,86,94)(H,87,95). The highest BCUT2D eigenvalue weighted by atomic mass is 35.5. The predicted octanol–water partition coefficient (Wildman–Crippen LogP) is 22.9. The van der Waals surface area contributed by atoms with Gasteiger partial charge in [0.25, 0.3) is 11.1 Å². The third-order valence-electron chi connectivity index (χ3n) is 19.1. The molecule has 0 atom stereocenters. The molecular weight excluding hydrogens is 1420 g/mol. The van der Waals surface area contributed by atoms with E-state index in [0.29, 0.717) is 43.0 Å². The van der Waals surface area contributed by atoms with E-state index in [-0.39, 0.29) is 132 Å². The molecule has 2 aromatic heterocycles. The number of hydrogen-bond acceptors (Lipinski definition) is 8. The average molecular weight is 1500 g/mol. The molecule has 7 aromatic carbocycles. The molecule has 0 radical (unpaired) electrons. The van der Waals surface area contributed by atoms with Crippen LogP contribution in [0.4, 0.5) is 34.4 Å². The molecule has 2 heterocycles. The summed E-state index contributed by atoms with van der Waals surface area (Å²) in [5, 5.41) is 19.7. The van der Waals surface area contributed by atoms with E-state index < -0.39 is 17.0 Å². The van der Waals surface area contributed by atoms with Crippen LogP contribution in [0.15, 0.2) is 137 Å². The van der Waals surface area contributed by atoms with Gasteiger partial charge in [-0.25, -0.2) is 9.36 Å². The molecule has 0 saturated carbocycles. The van der Waals surface area contributed by atoms with Gasteiger partial charge in [-0.15, -0.1) is 0 Å². The van der Waals surface area contributed by atoms with Gasteiger partial charge in [0, 0.05) is 45.4 Å². The Morgan fingerprint density at radius 3 is 1.16 bits per heavy atom. The Kier molecular flexibility index (Phi) is 24.6. The highest BCUT2D eigenvalue weighted by Crippen LogP contribution is 2.45. The predicted molar refractivity (Wildman–Crippen MR) is 413 cm³/mol. The van der Waals surface area contributed by atoms with Crippen LogP contribution in [0.2, 0.25) is 40.2 Å². The number of carbonyl (C=O) groups excluding carboxylic acids is 2. The first-order valence-corrected chi connectivity index (χ1v) is 36.2. The van der Waals surface area contributed by atoms with Gasteiger partial charge >= 0.3 is 0 Å². The largest absolute Gasteiger partial charge is 0.493 e. The summed E-state index contributed by atoms with van der Waals surface area (Å²) in [6, 6.07) is 37.2. The maximum atomic E-state index is 15.8. The van der Waals surface area contributed by atoms with Crippen LogP contribution in [0.3, 0.4) is 0 Å². The van der Waals surface area contributed by atoms with E-state index in [9.17, 15) is 9.59 Å². The van der Waals surface area contributed by atoms with Crippen LogP contribution in [0.5, 0.6) is 11.5 Å². The minimum atomic E-state index is -1.29. The number of aromatic amines is 2.